The Balaban J connectivity index is 1.84. The van der Waals surface area contributed by atoms with Crippen molar-refractivity contribution < 1.29 is 14.0 Å². The van der Waals surface area contributed by atoms with Gasteiger partial charge in [-0.2, -0.15) is 4.98 Å². The van der Waals surface area contributed by atoms with Crippen molar-refractivity contribution in [1.29, 1.82) is 0 Å². The lowest BCUT2D eigenvalue weighted by Gasteiger charge is -2.32. The fourth-order valence-corrected chi connectivity index (χ4v) is 2.37. The van der Waals surface area contributed by atoms with E-state index in [4.69, 9.17) is 19.7 Å². The SMILES string of the molecule is COC1(c2noc(-c3cn(CCN)nn3)n2)CCOCC1. The van der Waals surface area contributed by atoms with Crippen molar-refractivity contribution >= 4 is 0 Å². The number of ether oxygens (including phenoxy) is 2. The Hall–Kier alpha value is -1.84. The van der Waals surface area contributed by atoms with Crippen molar-refractivity contribution in [3.63, 3.8) is 0 Å². The Morgan fingerprint density at radius 1 is 1.43 bits per heavy atom. The Morgan fingerprint density at radius 3 is 2.95 bits per heavy atom. The second-order valence-electron chi connectivity index (χ2n) is 4.89. The largest absolute Gasteiger partial charge is 0.381 e. The van der Waals surface area contributed by atoms with E-state index in [1.165, 1.54) is 0 Å². The van der Waals surface area contributed by atoms with E-state index in [0.717, 1.165) is 0 Å². The summed E-state index contributed by atoms with van der Waals surface area (Å²) in [6.45, 7) is 2.31. The van der Waals surface area contributed by atoms with Crippen LogP contribution in [-0.2, 0) is 21.6 Å². The Bertz CT molecular complexity index is 589. The number of hydrogen-bond acceptors (Lipinski definition) is 8. The van der Waals surface area contributed by atoms with E-state index in [0.29, 0.717) is 56.6 Å². The molecule has 114 valence electrons. The standard InChI is InChI=1S/C12H18N6O3/c1-19-12(2-6-20-7-3-12)11-14-10(21-16-11)9-8-18(5-4-13)17-15-9/h8H,2-7,13H2,1H3. The van der Waals surface area contributed by atoms with Gasteiger partial charge < -0.3 is 19.7 Å². The summed E-state index contributed by atoms with van der Waals surface area (Å²) in [6.07, 6.45) is 3.12. The van der Waals surface area contributed by atoms with Crippen molar-refractivity contribution in [3.8, 4) is 11.6 Å². The van der Waals surface area contributed by atoms with E-state index in [1.807, 2.05) is 0 Å². The molecular formula is C12H18N6O3. The predicted octanol–water partition coefficient (Wildman–Crippen LogP) is -0.0611. The summed E-state index contributed by atoms with van der Waals surface area (Å²) >= 11 is 0. The summed E-state index contributed by atoms with van der Waals surface area (Å²) in [4.78, 5) is 4.42. The van der Waals surface area contributed by atoms with Crippen LogP contribution in [0.5, 0.6) is 0 Å². The third kappa shape index (κ3) is 2.67. The van der Waals surface area contributed by atoms with Crippen LogP contribution in [0.3, 0.4) is 0 Å². The summed E-state index contributed by atoms with van der Waals surface area (Å²) in [5.41, 5.74) is 5.46. The minimum Gasteiger partial charge on any atom is -0.381 e. The number of nitrogens with two attached hydrogens (primary N) is 1. The number of hydrogen-bond donors (Lipinski definition) is 1. The molecule has 21 heavy (non-hydrogen) atoms. The summed E-state index contributed by atoms with van der Waals surface area (Å²) in [7, 11) is 1.65. The van der Waals surface area contributed by atoms with Gasteiger partial charge in [0.05, 0.1) is 12.7 Å². The molecule has 1 saturated heterocycles. The molecule has 2 N–H and O–H groups in total. The molecular weight excluding hydrogens is 276 g/mol. The fourth-order valence-electron chi connectivity index (χ4n) is 2.37. The van der Waals surface area contributed by atoms with Gasteiger partial charge in [0, 0.05) is 39.7 Å². The molecule has 0 atom stereocenters. The van der Waals surface area contributed by atoms with E-state index in [2.05, 4.69) is 20.5 Å². The topological polar surface area (TPSA) is 114 Å². The van der Waals surface area contributed by atoms with Gasteiger partial charge in [-0.3, -0.25) is 4.68 Å². The van der Waals surface area contributed by atoms with Crippen molar-refractivity contribution in [2.24, 2.45) is 5.73 Å². The molecule has 0 amide bonds. The highest BCUT2D eigenvalue weighted by molar-refractivity contribution is 5.43. The van der Waals surface area contributed by atoms with Crippen LogP contribution in [0, 0.1) is 0 Å². The normalized spacial score (nSPS) is 18.0. The van der Waals surface area contributed by atoms with Crippen molar-refractivity contribution in [3.05, 3.63) is 12.0 Å². The quantitative estimate of drug-likeness (QED) is 0.815. The van der Waals surface area contributed by atoms with Crippen LogP contribution >= 0.6 is 0 Å². The van der Waals surface area contributed by atoms with Crippen LogP contribution in [0.4, 0.5) is 0 Å². The van der Waals surface area contributed by atoms with E-state index in [-0.39, 0.29) is 0 Å². The number of nitrogens with zero attached hydrogens (tertiary/aromatic N) is 5. The highest BCUT2D eigenvalue weighted by Gasteiger charge is 2.39. The zero-order chi connectivity index (χ0) is 14.7. The Kier molecular flexibility index (Phi) is 3.95. The summed E-state index contributed by atoms with van der Waals surface area (Å²) in [5, 5.41) is 12.0. The lowest BCUT2D eigenvalue weighted by Crippen LogP contribution is -2.36. The molecule has 0 bridgehead atoms. The molecule has 0 saturated carbocycles. The third-order valence-corrected chi connectivity index (χ3v) is 3.64. The van der Waals surface area contributed by atoms with Crippen molar-refractivity contribution in [2.75, 3.05) is 26.9 Å². The van der Waals surface area contributed by atoms with Crippen LogP contribution in [0.1, 0.15) is 18.7 Å². The zero-order valence-electron chi connectivity index (χ0n) is 11.9. The average Bonchev–Trinajstić information content (AvgIpc) is 3.17. The van der Waals surface area contributed by atoms with Crippen LogP contribution < -0.4 is 5.73 Å². The molecule has 0 radical (unpaired) electrons. The van der Waals surface area contributed by atoms with Gasteiger partial charge in [0.2, 0.25) is 5.82 Å². The van der Waals surface area contributed by atoms with Crippen LogP contribution in [0.2, 0.25) is 0 Å². The van der Waals surface area contributed by atoms with E-state index >= 15 is 0 Å². The predicted molar refractivity (Wildman–Crippen MR) is 71.1 cm³/mol. The van der Waals surface area contributed by atoms with Gasteiger partial charge in [0.1, 0.15) is 5.60 Å². The van der Waals surface area contributed by atoms with Gasteiger partial charge in [0.15, 0.2) is 5.69 Å². The Labute approximate surface area is 121 Å². The molecule has 1 aliphatic rings. The molecule has 0 aliphatic carbocycles. The maximum absolute atomic E-state index is 5.64. The highest BCUT2D eigenvalue weighted by Crippen LogP contribution is 2.34. The molecule has 1 fully saturated rings. The van der Waals surface area contributed by atoms with E-state index < -0.39 is 5.60 Å². The molecule has 3 rings (SSSR count). The van der Waals surface area contributed by atoms with Gasteiger partial charge in [-0.05, 0) is 0 Å². The van der Waals surface area contributed by atoms with E-state index in [1.54, 1.807) is 18.0 Å². The monoisotopic (exact) mass is 294 g/mol. The fraction of sp³-hybridized carbons (Fsp3) is 0.667. The smallest absolute Gasteiger partial charge is 0.280 e. The number of aromatic nitrogens is 5. The van der Waals surface area contributed by atoms with Gasteiger partial charge in [0.25, 0.3) is 5.89 Å². The molecule has 9 nitrogen and oxygen atoms in total. The average molecular weight is 294 g/mol. The minimum absolute atomic E-state index is 0.330. The first kappa shape index (κ1) is 14.1. The molecule has 9 heteroatoms. The molecule has 2 aromatic heterocycles. The lowest BCUT2D eigenvalue weighted by molar-refractivity contribution is -0.101. The second-order valence-corrected chi connectivity index (χ2v) is 4.89. The van der Waals surface area contributed by atoms with Crippen molar-refractivity contribution in [1.82, 2.24) is 25.1 Å². The van der Waals surface area contributed by atoms with Crippen LogP contribution in [-0.4, -0.2) is 52.0 Å². The molecule has 0 unspecified atom stereocenters. The summed E-state index contributed by atoms with van der Waals surface area (Å²) < 4.78 is 17.9. The number of rotatable bonds is 5. The Morgan fingerprint density at radius 2 is 2.24 bits per heavy atom. The van der Waals surface area contributed by atoms with Crippen LogP contribution in [0.15, 0.2) is 10.7 Å². The second kappa shape index (κ2) is 5.88. The molecule has 0 aromatic carbocycles. The third-order valence-electron chi connectivity index (χ3n) is 3.64. The maximum atomic E-state index is 5.64. The zero-order valence-corrected chi connectivity index (χ0v) is 11.9. The van der Waals surface area contributed by atoms with E-state index in [9.17, 15) is 0 Å². The van der Waals surface area contributed by atoms with Gasteiger partial charge in [-0.25, -0.2) is 0 Å². The first-order valence-corrected chi connectivity index (χ1v) is 6.85. The van der Waals surface area contributed by atoms with Crippen molar-refractivity contribution in [2.45, 2.75) is 25.0 Å². The van der Waals surface area contributed by atoms with Crippen LogP contribution in [0.25, 0.3) is 11.6 Å². The number of methoxy groups -OCH3 is 1. The first-order valence-electron chi connectivity index (χ1n) is 6.85. The first-order chi connectivity index (χ1) is 10.3. The lowest BCUT2D eigenvalue weighted by atomic mass is 9.93. The summed E-state index contributed by atoms with van der Waals surface area (Å²) in [5.74, 6) is 0.855. The molecule has 3 heterocycles. The molecule has 0 spiro atoms. The van der Waals surface area contributed by atoms with Gasteiger partial charge >= 0.3 is 0 Å². The minimum atomic E-state index is -0.548. The molecule has 2 aromatic rings. The van der Waals surface area contributed by atoms with Gasteiger partial charge in [-0.1, -0.05) is 10.4 Å². The highest BCUT2D eigenvalue weighted by atomic mass is 16.5. The molecule has 1 aliphatic heterocycles. The summed E-state index contributed by atoms with van der Waals surface area (Å²) in [6, 6.07) is 0. The maximum Gasteiger partial charge on any atom is 0.280 e. The van der Waals surface area contributed by atoms with Gasteiger partial charge in [-0.15, -0.1) is 5.10 Å².